The van der Waals surface area contributed by atoms with Gasteiger partial charge in [-0.3, -0.25) is 14.8 Å². The van der Waals surface area contributed by atoms with Crippen molar-refractivity contribution in [2.24, 2.45) is 0 Å². The third kappa shape index (κ3) is 2.73. The van der Waals surface area contributed by atoms with Crippen molar-refractivity contribution in [3.8, 4) is 11.3 Å². The second kappa shape index (κ2) is 4.49. The molecule has 0 spiro atoms. The Balaban J connectivity index is 2.47. The van der Waals surface area contributed by atoms with Crippen LogP contribution >= 0.6 is 12.2 Å². The number of hydrogen-bond donors (Lipinski definition) is 2. The van der Waals surface area contributed by atoms with Crippen molar-refractivity contribution in [1.29, 1.82) is 0 Å². The molecular weight excluding hydrogens is 246 g/mol. The lowest BCUT2D eigenvalue weighted by molar-refractivity contribution is 0.569. The van der Waals surface area contributed by atoms with Crippen LogP contribution in [0.25, 0.3) is 11.3 Å². The molecule has 2 aromatic heterocycles. The van der Waals surface area contributed by atoms with Gasteiger partial charge in [0.25, 0.3) is 5.56 Å². The summed E-state index contributed by atoms with van der Waals surface area (Å²) < 4.78 is 0.317. The molecule has 0 atom stereocenters. The number of aromatic nitrogens is 3. The van der Waals surface area contributed by atoms with E-state index in [0.29, 0.717) is 10.5 Å². The summed E-state index contributed by atoms with van der Waals surface area (Å²) in [5.74, 6) is 0. The molecule has 0 radical (unpaired) electrons. The Morgan fingerprint density at radius 2 is 1.94 bits per heavy atom. The molecule has 94 valence electrons. The first kappa shape index (κ1) is 12.7. The van der Waals surface area contributed by atoms with Crippen molar-refractivity contribution in [2.75, 3.05) is 0 Å². The van der Waals surface area contributed by atoms with Crippen LogP contribution in [0.5, 0.6) is 0 Å². The highest BCUT2D eigenvalue weighted by molar-refractivity contribution is 7.71. The summed E-state index contributed by atoms with van der Waals surface area (Å²) in [7, 11) is 0. The monoisotopic (exact) mass is 261 g/mol. The van der Waals surface area contributed by atoms with E-state index < -0.39 is 0 Å². The molecule has 0 aliphatic rings. The molecule has 0 saturated carbocycles. The van der Waals surface area contributed by atoms with Gasteiger partial charge in [0.2, 0.25) is 0 Å². The molecule has 0 aromatic carbocycles. The molecule has 0 saturated heterocycles. The molecule has 0 fully saturated rings. The number of H-pyrrole nitrogens is 2. The van der Waals surface area contributed by atoms with Crippen LogP contribution in [-0.2, 0) is 5.41 Å². The molecular formula is C13H15N3OS. The van der Waals surface area contributed by atoms with Crippen LogP contribution in [0.2, 0.25) is 0 Å². The summed E-state index contributed by atoms with van der Waals surface area (Å²) in [5, 5.41) is 0. The number of nitrogens with zero attached hydrogens (tertiary/aromatic N) is 1. The maximum Gasteiger partial charge on any atom is 0.252 e. The van der Waals surface area contributed by atoms with Crippen molar-refractivity contribution < 1.29 is 0 Å². The normalized spacial score (nSPS) is 11.5. The standard InChI is InChI=1S/C13H15N3OS/c1-13(2,3)10-5-4-8(7-14-10)9-6-11(17)16-12(18)15-9/h4-7H,1-3H3,(H2,15,16,17,18). The summed E-state index contributed by atoms with van der Waals surface area (Å²) in [6, 6.07) is 5.38. The van der Waals surface area contributed by atoms with Gasteiger partial charge in [-0.25, -0.2) is 0 Å². The number of aromatic amines is 2. The highest BCUT2D eigenvalue weighted by atomic mass is 32.1. The fraction of sp³-hybridized carbons (Fsp3) is 0.308. The molecule has 0 aliphatic heterocycles. The summed E-state index contributed by atoms with van der Waals surface area (Å²) in [6.07, 6.45) is 1.75. The molecule has 2 N–H and O–H groups in total. The van der Waals surface area contributed by atoms with E-state index in [4.69, 9.17) is 12.2 Å². The van der Waals surface area contributed by atoms with Crippen molar-refractivity contribution in [1.82, 2.24) is 15.0 Å². The second-order valence-electron chi connectivity index (χ2n) is 5.18. The largest absolute Gasteiger partial charge is 0.332 e. The summed E-state index contributed by atoms with van der Waals surface area (Å²) in [5.41, 5.74) is 2.33. The molecule has 4 nitrogen and oxygen atoms in total. The number of rotatable bonds is 1. The number of hydrogen-bond acceptors (Lipinski definition) is 3. The van der Waals surface area contributed by atoms with Gasteiger partial charge >= 0.3 is 0 Å². The Hall–Kier alpha value is -1.75. The third-order valence-electron chi connectivity index (χ3n) is 2.60. The molecule has 2 heterocycles. The van der Waals surface area contributed by atoms with E-state index in [9.17, 15) is 4.79 Å². The first-order valence-electron chi connectivity index (χ1n) is 5.67. The quantitative estimate of drug-likeness (QED) is 0.776. The highest BCUT2D eigenvalue weighted by Crippen LogP contribution is 2.22. The zero-order valence-corrected chi connectivity index (χ0v) is 11.4. The summed E-state index contributed by atoms with van der Waals surface area (Å²) in [6.45, 7) is 6.32. The maximum atomic E-state index is 11.3. The predicted octanol–water partition coefficient (Wildman–Crippen LogP) is 2.79. The van der Waals surface area contributed by atoms with Gasteiger partial charge in [0.05, 0.1) is 5.69 Å². The first-order valence-corrected chi connectivity index (χ1v) is 6.08. The van der Waals surface area contributed by atoms with Crippen LogP contribution in [0.4, 0.5) is 0 Å². The molecule has 2 rings (SSSR count). The van der Waals surface area contributed by atoms with E-state index in [1.165, 1.54) is 6.07 Å². The molecule has 18 heavy (non-hydrogen) atoms. The molecule has 0 amide bonds. The van der Waals surface area contributed by atoms with Crippen LogP contribution in [0, 0.1) is 4.77 Å². The second-order valence-corrected chi connectivity index (χ2v) is 5.59. The van der Waals surface area contributed by atoms with Gasteiger partial charge in [-0.15, -0.1) is 0 Å². The van der Waals surface area contributed by atoms with E-state index >= 15 is 0 Å². The maximum absolute atomic E-state index is 11.3. The molecule has 0 unspecified atom stereocenters. The Bertz CT molecular complexity index is 634. The van der Waals surface area contributed by atoms with Gasteiger partial charge < -0.3 is 4.98 Å². The minimum absolute atomic E-state index is 0.0135. The zero-order valence-electron chi connectivity index (χ0n) is 10.6. The van der Waals surface area contributed by atoms with Gasteiger partial charge in [0.15, 0.2) is 4.77 Å². The van der Waals surface area contributed by atoms with Crippen LogP contribution in [0.15, 0.2) is 29.2 Å². The van der Waals surface area contributed by atoms with E-state index in [1.807, 2.05) is 12.1 Å². The van der Waals surface area contributed by atoms with E-state index in [2.05, 4.69) is 35.7 Å². The number of nitrogens with one attached hydrogen (secondary N) is 2. The topological polar surface area (TPSA) is 61.5 Å². The smallest absolute Gasteiger partial charge is 0.252 e. The molecule has 0 aliphatic carbocycles. The van der Waals surface area contributed by atoms with Crippen LogP contribution in [0.3, 0.4) is 0 Å². The fourth-order valence-corrected chi connectivity index (χ4v) is 1.83. The molecule has 2 aromatic rings. The third-order valence-corrected chi connectivity index (χ3v) is 2.81. The lowest BCUT2D eigenvalue weighted by Crippen LogP contribution is -2.13. The lowest BCUT2D eigenvalue weighted by atomic mass is 9.91. The Labute approximate surface area is 110 Å². The predicted molar refractivity (Wildman–Crippen MR) is 74.2 cm³/mol. The van der Waals surface area contributed by atoms with E-state index in [-0.39, 0.29) is 11.0 Å². The Morgan fingerprint density at radius 1 is 1.22 bits per heavy atom. The van der Waals surface area contributed by atoms with Gasteiger partial charge in [-0.05, 0) is 24.4 Å². The SMILES string of the molecule is CC(C)(C)c1ccc(-c2cc(=O)[nH]c(=S)[nH]2)cn1. The van der Waals surface area contributed by atoms with Crippen molar-refractivity contribution in [3.63, 3.8) is 0 Å². The zero-order chi connectivity index (χ0) is 13.3. The Morgan fingerprint density at radius 3 is 2.44 bits per heavy atom. The fourth-order valence-electron chi connectivity index (χ4n) is 1.62. The van der Waals surface area contributed by atoms with Gasteiger partial charge in [0.1, 0.15) is 0 Å². The molecule has 0 bridgehead atoms. The van der Waals surface area contributed by atoms with Crippen molar-refractivity contribution in [3.05, 3.63) is 45.2 Å². The first-order chi connectivity index (χ1) is 8.36. The average Bonchev–Trinajstić information content (AvgIpc) is 2.27. The average molecular weight is 261 g/mol. The van der Waals surface area contributed by atoms with Crippen LogP contribution in [0.1, 0.15) is 26.5 Å². The minimum atomic E-state index is -0.214. The van der Waals surface area contributed by atoms with E-state index in [1.54, 1.807) is 6.20 Å². The number of pyridine rings is 1. The van der Waals surface area contributed by atoms with Crippen molar-refractivity contribution in [2.45, 2.75) is 26.2 Å². The summed E-state index contributed by atoms with van der Waals surface area (Å²) in [4.78, 5) is 21.2. The Kier molecular flexibility index (Phi) is 3.17. The van der Waals surface area contributed by atoms with E-state index in [0.717, 1.165) is 11.3 Å². The van der Waals surface area contributed by atoms with Crippen LogP contribution in [-0.4, -0.2) is 15.0 Å². The van der Waals surface area contributed by atoms with Crippen LogP contribution < -0.4 is 5.56 Å². The van der Waals surface area contributed by atoms with Gasteiger partial charge in [-0.1, -0.05) is 20.8 Å². The summed E-state index contributed by atoms with van der Waals surface area (Å²) >= 11 is 4.94. The van der Waals surface area contributed by atoms with Crippen molar-refractivity contribution >= 4 is 12.2 Å². The lowest BCUT2D eigenvalue weighted by Gasteiger charge is -2.17. The van der Waals surface area contributed by atoms with Gasteiger partial charge in [0, 0.05) is 28.9 Å². The molecule has 5 heteroatoms. The minimum Gasteiger partial charge on any atom is -0.332 e. The highest BCUT2D eigenvalue weighted by Gasteiger charge is 2.14. The van der Waals surface area contributed by atoms with Gasteiger partial charge in [-0.2, -0.15) is 0 Å².